The molecule has 198 valence electrons. The maximum absolute atomic E-state index is 5.22. The first-order valence-corrected chi connectivity index (χ1v) is 14.6. The smallest absolute Gasteiger partial charge is 0.0640 e. The van der Waals surface area contributed by atoms with Crippen molar-refractivity contribution in [3.05, 3.63) is 149 Å². The monoisotopic (exact) mass is 511 g/mol. The Hall–Kier alpha value is -3.71. The lowest BCUT2D eigenvalue weighted by atomic mass is 9.62. The molecule has 4 aliphatic carbocycles. The Kier molecular flexibility index (Phi) is 8.27. The van der Waals surface area contributed by atoms with Crippen molar-refractivity contribution in [1.29, 1.82) is 0 Å². The second kappa shape index (κ2) is 12.0. The fourth-order valence-corrected chi connectivity index (χ4v) is 6.63. The molecule has 1 aromatic rings. The first kappa shape index (κ1) is 26.9. The van der Waals surface area contributed by atoms with Crippen molar-refractivity contribution in [2.45, 2.75) is 64.2 Å². The Morgan fingerprint density at radius 3 is 2.49 bits per heavy atom. The molecule has 0 saturated carbocycles. The summed E-state index contributed by atoms with van der Waals surface area (Å²) in [7, 11) is 0. The molecule has 0 heterocycles. The Bertz CT molecular complexity index is 1420. The molecule has 0 bridgehead atoms. The van der Waals surface area contributed by atoms with Gasteiger partial charge in [-0.3, -0.25) is 4.99 Å². The summed E-state index contributed by atoms with van der Waals surface area (Å²) in [5, 5.41) is 0. The lowest BCUT2D eigenvalue weighted by molar-refractivity contribution is 0.642. The first-order chi connectivity index (χ1) is 19.1. The maximum atomic E-state index is 5.22. The number of hydrogen-bond donors (Lipinski definition) is 0. The van der Waals surface area contributed by atoms with Gasteiger partial charge in [-0.25, -0.2) is 0 Å². The van der Waals surface area contributed by atoms with E-state index in [1.54, 1.807) is 0 Å². The third kappa shape index (κ3) is 5.28. The molecule has 0 aromatic heterocycles. The van der Waals surface area contributed by atoms with Crippen LogP contribution in [-0.2, 0) is 5.41 Å². The van der Waals surface area contributed by atoms with Gasteiger partial charge in [0, 0.05) is 5.71 Å². The van der Waals surface area contributed by atoms with E-state index in [9.17, 15) is 0 Å². The molecule has 0 saturated heterocycles. The highest BCUT2D eigenvalue weighted by Crippen LogP contribution is 2.59. The number of allylic oxidation sites excluding steroid dienone is 17. The standard InChI is InChI=1S/C38H41N/c1-5-6-19-32(27-29(4)39-37(26-28(2)3)30-17-9-7-10-18-30)38(31-20-11-8-12-21-31)35-24-15-13-22-33(35)34-23-14-16-25-36(34)38/h5-9,11,13-15,17,19-20,22-24,27-28H,1,4,10,12,16,18,21,25-26H2,2-3H3/b19-6-,32-27?,39-37+. The van der Waals surface area contributed by atoms with Crippen LogP contribution in [0.2, 0.25) is 0 Å². The largest absolute Gasteiger partial charge is 0.254 e. The summed E-state index contributed by atoms with van der Waals surface area (Å²) in [6, 6.07) is 9.01. The molecule has 1 heteroatoms. The van der Waals surface area contributed by atoms with Gasteiger partial charge in [-0.05, 0) is 90.4 Å². The zero-order valence-corrected chi connectivity index (χ0v) is 23.6. The summed E-state index contributed by atoms with van der Waals surface area (Å²) >= 11 is 0. The molecule has 1 unspecified atom stereocenters. The predicted molar refractivity (Wildman–Crippen MR) is 170 cm³/mol. The number of rotatable bonds is 9. The van der Waals surface area contributed by atoms with Crippen molar-refractivity contribution in [2.75, 3.05) is 0 Å². The normalized spacial score (nSPS) is 22.7. The van der Waals surface area contributed by atoms with Gasteiger partial charge in [0.2, 0.25) is 0 Å². The molecule has 0 fully saturated rings. The minimum absolute atomic E-state index is 0.329. The quantitative estimate of drug-likeness (QED) is 0.231. The Morgan fingerprint density at radius 1 is 1.00 bits per heavy atom. The van der Waals surface area contributed by atoms with Crippen molar-refractivity contribution < 1.29 is 0 Å². The maximum Gasteiger partial charge on any atom is 0.0640 e. The van der Waals surface area contributed by atoms with Crippen LogP contribution in [0, 0.1) is 5.92 Å². The highest BCUT2D eigenvalue weighted by atomic mass is 14.8. The van der Waals surface area contributed by atoms with Crippen LogP contribution in [0.4, 0.5) is 0 Å². The van der Waals surface area contributed by atoms with Crippen molar-refractivity contribution in [3.63, 3.8) is 0 Å². The van der Waals surface area contributed by atoms with Crippen LogP contribution in [0.5, 0.6) is 0 Å². The zero-order valence-electron chi connectivity index (χ0n) is 23.6. The van der Waals surface area contributed by atoms with Crippen LogP contribution in [0.15, 0.2) is 143 Å². The molecular weight excluding hydrogens is 470 g/mol. The number of aliphatic imine (C=N–C) groups is 1. The first-order valence-electron chi connectivity index (χ1n) is 14.6. The van der Waals surface area contributed by atoms with Gasteiger partial charge in [-0.2, -0.15) is 0 Å². The predicted octanol–water partition coefficient (Wildman–Crippen LogP) is 10.3. The van der Waals surface area contributed by atoms with E-state index in [2.05, 4.69) is 118 Å². The number of nitrogens with zero attached hydrogens (tertiary/aromatic N) is 1. The average molecular weight is 512 g/mol. The molecular formula is C38H41N. The van der Waals surface area contributed by atoms with E-state index in [0.29, 0.717) is 5.92 Å². The summed E-state index contributed by atoms with van der Waals surface area (Å²) in [4.78, 5) is 5.22. The van der Waals surface area contributed by atoms with Crippen LogP contribution in [-0.4, -0.2) is 5.71 Å². The Morgan fingerprint density at radius 2 is 1.77 bits per heavy atom. The van der Waals surface area contributed by atoms with Crippen molar-refractivity contribution in [3.8, 4) is 0 Å². The molecule has 1 nitrogen and oxygen atoms in total. The van der Waals surface area contributed by atoms with Gasteiger partial charge in [0.15, 0.2) is 0 Å². The molecule has 1 atom stereocenters. The Labute approximate surface area is 235 Å². The van der Waals surface area contributed by atoms with Crippen LogP contribution >= 0.6 is 0 Å². The van der Waals surface area contributed by atoms with Crippen molar-refractivity contribution in [2.24, 2.45) is 10.9 Å². The van der Waals surface area contributed by atoms with Gasteiger partial charge in [0.1, 0.15) is 0 Å². The van der Waals surface area contributed by atoms with Crippen molar-refractivity contribution >= 4 is 11.3 Å². The lowest BCUT2D eigenvalue weighted by Gasteiger charge is -2.40. The minimum Gasteiger partial charge on any atom is -0.254 e. The molecule has 4 aliphatic rings. The topological polar surface area (TPSA) is 12.4 Å². The van der Waals surface area contributed by atoms with E-state index in [0.717, 1.165) is 50.6 Å². The van der Waals surface area contributed by atoms with Gasteiger partial charge in [0.25, 0.3) is 0 Å². The zero-order chi connectivity index (χ0) is 27.2. The summed E-state index contributed by atoms with van der Waals surface area (Å²) in [6.45, 7) is 13.1. The molecule has 0 aliphatic heterocycles. The van der Waals surface area contributed by atoms with E-state index < -0.39 is 0 Å². The van der Waals surface area contributed by atoms with E-state index in [1.165, 1.54) is 44.7 Å². The summed E-state index contributed by atoms with van der Waals surface area (Å²) in [6.07, 6.45) is 34.0. The van der Waals surface area contributed by atoms with Gasteiger partial charge >= 0.3 is 0 Å². The number of hydrogen-bond acceptors (Lipinski definition) is 1. The van der Waals surface area contributed by atoms with Crippen LogP contribution in [0.1, 0.15) is 69.9 Å². The Balaban J connectivity index is 1.73. The highest BCUT2D eigenvalue weighted by Gasteiger charge is 2.48. The van der Waals surface area contributed by atoms with Gasteiger partial charge in [0.05, 0.1) is 11.1 Å². The summed E-state index contributed by atoms with van der Waals surface area (Å²) < 4.78 is 0. The molecule has 0 radical (unpaired) electrons. The molecule has 5 rings (SSSR count). The minimum atomic E-state index is -0.329. The third-order valence-corrected chi connectivity index (χ3v) is 8.17. The molecule has 1 aromatic carbocycles. The van der Waals surface area contributed by atoms with Gasteiger partial charge < -0.3 is 0 Å². The second-order valence-corrected chi connectivity index (χ2v) is 11.3. The van der Waals surface area contributed by atoms with E-state index in [4.69, 9.17) is 4.99 Å². The van der Waals surface area contributed by atoms with E-state index in [-0.39, 0.29) is 5.41 Å². The summed E-state index contributed by atoms with van der Waals surface area (Å²) in [5.74, 6) is 0.529. The molecule has 0 N–H and O–H groups in total. The lowest BCUT2D eigenvalue weighted by Crippen LogP contribution is -2.32. The van der Waals surface area contributed by atoms with Crippen LogP contribution in [0.25, 0.3) is 5.57 Å². The van der Waals surface area contributed by atoms with Gasteiger partial charge in [-0.1, -0.05) is 124 Å². The van der Waals surface area contributed by atoms with Crippen LogP contribution < -0.4 is 0 Å². The molecule has 0 spiro atoms. The fraction of sp³-hybridized carbons (Fsp3) is 0.289. The molecule has 0 amide bonds. The summed E-state index contributed by atoms with van der Waals surface area (Å²) in [5.41, 5.74) is 11.3. The average Bonchev–Trinajstić information content (AvgIpc) is 3.27. The molecule has 39 heavy (non-hydrogen) atoms. The van der Waals surface area contributed by atoms with Crippen molar-refractivity contribution in [1.82, 2.24) is 0 Å². The van der Waals surface area contributed by atoms with Crippen LogP contribution in [0.3, 0.4) is 0 Å². The van der Waals surface area contributed by atoms with E-state index in [1.807, 2.05) is 6.08 Å². The highest BCUT2D eigenvalue weighted by molar-refractivity contribution is 6.01. The SMILES string of the molecule is C=C/C=C\C(=CC(=C)/N=C(\CC(C)C)C1=CC=CCC1)C1(C2=CC=CCC2)C2=C(C=CCC2)c2ccccc21. The number of fused-ring (bicyclic) bond motifs is 2. The number of benzene rings is 1. The van der Waals surface area contributed by atoms with E-state index >= 15 is 0 Å². The van der Waals surface area contributed by atoms with Gasteiger partial charge in [-0.15, -0.1) is 0 Å². The fourth-order valence-electron chi connectivity index (χ4n) is 6.63. The third-order valence-electron chi connectivity index (χ3n) is 8.17. The second-order valence-electron chi connectivity index (χ2n) is 11.3.